The van der Waals surface area contributed by atoms with Gasteiger partial charge >= 0.3 is 0 Å². The van der Waals surface area contributed by atoms with Crippen molar-refractivity contribution in [2.24, 2.45) is 0 Å². The average molecular weight is 256 g/mol. The van der Waals surface area contributed by atoms with Crippen LogP contribution in [0.4, 0.5) is 5.69 Å². The van der Waals surface area contributed by atoms with Crippen molar-refractivity contribution in [1.29, 1.82) is 0 Å². The van der Waals surface area contributed by atoms with Gasteiger partial charge in [0.15, 0.2) is 0 Å². The molecule has 19 heavy (non-hydrogen) atoms. The van der Waals surface area contributed by atoms with Gasteiger partial charge in [0.25, 0.3) is 0 Å². The Bertz CT molecular complexity index is 502. The van der Waals surface area contributed by atoms with Crippen LogP contribution in [0.15, 0.2) is 42.5 Å². The van der Waals surface area contributed by atoms with Gasteiger partial charge in [0.2, 0.25) is 0 Å². The second kappa shape index (κ2) is 7.15. The van der Waals surface area contributed by atoms with E-state index in [4.69, 9.17) is 0 Å². The van der Waals surface area contributed by atoms with Crippen molar-refractivity contribution in [3.05, 3.63) is 42.5 Å². The number of benzene rings is 2. The van der Waals surface area contributed by atoms with Crippen molar-refractivity contribution in [3.63, 3.8) is 0 Å². The van der Waals surface area contributed by atoms with E-state index in [1.54, 1.807) is 0 Å². The van der Waals surface area contributed by atoms with Gasteiger partial charge in [-0.05, 0) is 31.3 Å². The van der Waals surface area contributed by atoms with Crippen molar-refractivity contribution in [2.45, 2.75) is 20.3 Å². The normalized spacial score (nSPS) is 10.8. The maximum atomic E-state index is 3.48. The lowest BCUT2D eigenvalue weighted by Crippen LogP contribution is -2.32. The summed E-state index contributed by atoms with van der Waals surface area (Å²) < 4.78 is 0. The van der Waals surface area contributed by atoms with Gasteiger partial charge < -0.3 is 10.2 Å². The van der Waals surface area contributed by atoms with E-state index in [1.165, 1.54) is 22.9 Å². The summed E-state index contributed by atoms with van der Waals surface area (Å²) in [6, 6.07) is 15.2. The topological polar surface area (TPSA) is 15.3 Å². The van der Waals surface area contributed by atoms with Crippen LogP contribution >= 0.6 is 0 Å². The fourth-order valence-electron chi connectivity index (χ4n) is 2.45. The molecule has 2 nitrogen and oxygen atoms in total. The molecule has 0 atom stereocenters. The van der Waals surface area contributed by atoms with E-state index in [0.29, 0.717) is 0 Å². The van der Waals surface area contributed by atoms with Crippen molar-refractivity contribution < 1.29 is 0 Å². The number of hydrogen-bond acceptors (Lipinski definition) is 2. The first-order chi connectivity index (χ1) is 9.36. The molecular formula is C17H24N2. The molecule has 0 bridgehead atoms. The van der Waals surface area contributed by atoms with Gasteiger partial charge in [-0.25, -0.2) is 0 Å². The van der Waals surface area contributed by atoms with E-state index < -0.39 is 0 Å². The smallest absolute Gasteiger partial charge is 0.0446 e. The second-order valence-corrected chi connectivity index (χ2v) is 4.83. The van der Waals surface area contributed by atoms with Crippen LogP contribution in [-0.2, 0) is 0 Å². The summed E-state index contributed by atoms with van der Waals surface area (Å²) in [7, 11) is 0. The summed E-state index contributed by atoms with van der Waals surface area (Å²) in [5.41, 5.74) is 1.35. The summed E-state index contributed by atoms with van der Waals surface area (Å²) in [6.45, 7) is 8.68. The number of anilines is 1. The number of likely N-dealkylation sites (N-methyl/N-ethyl adjacent to an activating group) is 1. The van der Waals surface area contributed by atoms with E-state index in [1.807, 2.05) is 0 Å². The fourth-order valence-corrected chi connectivity index (χ4v) is 2.45. The first-order valence-corrected chi connectivity index (χ1v) is 7.30. The van der Waals surface area contributed by atoms with Gasteiger partial charge in [0.05, 0.1) is 0 Å². The minimum atomic E-state index is 1.04. The highest BCUT2D eigenvalue weighted by Gasteiger charge is 2.07. The first-order valence-electron chi connectivity index (χ1n) is 7.30. The van der Waals surface area contributed by atoms with Crippen LogP contribution < -0.4 is 10.2 Å². The molecule has 1 N–H and O–H groups in total. The van der Waals surface area contributed by atoms with Crippen molar-refractivity contribution >= 4 is 16.5 Å². The molecule has 2 rings (SSSR count). The van der Waals surface area contributed by atoms with Gasteiger partial charge in [-0.2, -0.15) is 0 Å². The standard InChI is InChI=1S/C17H24N2/c1-3-12-18-13-14-19(4-2)17-11-7-9-15-8-5-6-10-16(15)17/h5-11,18H,3-4,12-14H2,1-2H3. The predicted octanol–water partition coefficient (Wildman–Crippen LogP) is 3.67. The van der Waals surface area contributed by atoms with E-state index in [9.17, 15) is 0 Å². The van der Waals surface area contributed by atoms with Crippen LogP contribution in [0, 0.1) is 0 Å². The lowest BCUT2D eigenvalue weighted by atomic mass is 10.1. The molecule has 2 heteroatoms. The van der Waals surface area contributed by atoms with Crippen LogP contribution in [0.5, 0.6) is 0 Å². The summed E-state index contributed by atoms with van der Waals surface area (Å²) in [5, 5.41) is 6.14. The maximum Gasteiger partial charge on any atom is 0.0446 e. The molecule has 0 saturated carbocycles. The Morgan fingerprint density at radius 1 is 0.947 bits per heavy atom. The van der Waals surface area contributed by atoms with Crippen LogP contribution in [0.3, 0.4) is 0 Å². The van der Waals surface area contributed by atoms with Crippen LogP contribution in [-0.4, -0.2) is 26.2 Å². The molecule has 0 aromatic heterocycles. The zero-order valence-electron chi connectivity index (χ0n) is 12.0. The summed E-state index contributed by atoms with van der Waals surface area (Å²) in [5.74, 6) is 0. The largest absolute Gasteiger partial charge is 0.370 e. The minimum Gasteiger partial charge on any atom is -0.370 e. The molecule has 0 amide bonds. The molecule has 0 spiro atoms. The molecular weight excluding hydrogens is 232 g/mol. The highest BCUT2D eigenvalue weighted by Crippen LogP contribution is 2.26. The fraction of sp³-hybridized carbons (Fsp3) is 0.412. The van der Waals surface area contributed by atoms with Gasteiger partial charge in [-0.15, -0.1) is 0 Å². The molecule has 0 aliphatic heterocycles. The maximum absolute atomic E-state index is 3.48. The van der Waals surface area contributed by atoms with Crippen molar-refractivity contribution in [3.8, 4) is 0 Å². The zero-order valence-corrected chi connectivity index (χ0v) is 12.0. The highest BCUT2D eigenvalue weighted by molar-refractivity contribution is 5.94. The van der Waals surface area contributed by atoms with E-state index in [0.717, 1.165) is 26.2 Å². The third-order valence-corrected chi connectivity index (χ3v) is 3.47. The lowest BCUT2D eigenvalue weighted by Gasteiger charge is -2.25. The molecule has 0 saturated heterocycles. The van der Waals surface area contributed by atoms with E-state index >= 15 is 0 Å². The molecule has 102 valence electrons. The molecule has 2 aromatic rings. The Morgan fingerprint density at radius 3 is 2.53 bits per heavy atom. The third-order valence-electron chi connectivity index (χ3n) is 3.47. The summed E-state index contributed by atoms with van der Waals surface area (Å²) in [4.78, 5) is 2.45. The Kier molecular flexibility index (Phi) is 5.22. The molecule has 0 aliphatic carbocycles. The minimum absolute atomic E-state index is 1.04. The van der Waals surface area contributed by atoms with Gasteiger partial charge in [0.1, 0.15) is 0 Å². The molecule has 2 aromatic carbocycles. The molecule has 0 unspecified atom stereocenters. The van der Waals surface area contributed by atoms with Gasteiger partial charge in [-0.1, -0.05) is 43.3 Å². The predicted molar refractivity (Wildman–Crippen MR) is 85.0 cm³/mol. The van der Waals surface area contributed by atoms with Crippen LogP contribution in [0.25, 0.3) is 10.8 Å². The quantitative estimate of drug-likeness (QED) is 0.760. The lowest BCUT2D eigenvalue weighted by molar-refractivity contribution is 0.655. The number of hydrogen-bond donors (Lipinski definition) is 1. The Morgan fingerprint density at radius 2 is 1.74 bits per heavy atom. The monoisotopic (exact) mass is 256 g/mol. The molecule has 0 heterocycles. The Balaban J connectivity index is 2.16. The average Bonchev–Trinajstić information content (AvgIpc) is 2.47. The third kappa shape index (κ3) is 3.48. The SMILES string of the molecule is CCCNCCN(CC)c1cccc2ccccc12. The zero-order chi connectivity index (χ0) is 13.5. The Labute approximate surface area is 116 Å². The second-order valence-electron chi connectivity index (χ2n) is 4.83. The van der Waals surface area contributed by atoms with Gasteiger partial charge in [0, 0.05) is 30.7 Å². The van der Waals surface area contributed by atoms with Gasteiger partial charge in [-0.3, -0.25) is 0 Å². The summed E-state index contributed by atoms with van der Waals surface area (Å²) >= 11 is 0. The number of nitrogens with one attached hydrogen (secondary N) is 1. The number of fused-ring (bicyclic) bond motifs is 1. The Hall–Kier alpha value is -1.54. The molecule has 0 fully saturated rings. The van der Waals surface area contributed by atoms with Crippen LogP contribution in [0.1, 0.15) is 20.3 Å². The first kappa shape index (κ1) is 13.9. The highest BCUT2D eigenvalue weighted by atomic mass is 15.1. The van der Waals surface area contributed by atoms with E-state index in [-0.39, 0.29) is 0 Å². The van der Waals surface area contributed by atoms with Crippen LogP contribution in [0.2, 0.25) is 0 Å². The number of rotatable bonds is 7. The number of nitrogens with zero attached hydrogens (tertiary/aromatic N) is 1. The summed E-state index contributed by atoms with van der Waals surface area (Å²) in [6.07, 6.45) is 1.19. The molecule has 0 radical (unpaired) electrons. The molecule has 0 aliphatic rings. The van der Waals surface area contributed by atoms with Crippen molar-refractivity contribution in [2.75, 3.05) is 31.1 Å². The van der Waals surface area contributed by atoms with Crippen molar-refractivity contribution in [1.82, 2.24) is 5.32 Å². The van der Waals surface area contributed by atoms with E-state index in [2.05, 4.69) is 66.5 Å².